The number of hydrogen-bond acceptors (Lipinski definition) is 3. The minimum Gasteiger partial charge on any atom is -0.392 e. The van der Waals surface area contributed by atoms with Gasteiger partial charge in [0, 0.05) is 18.8 Å². The maximum atomic E-state index is 5.59. The second-order valence-electron chi connectivity index (χ2n) is 7.05. The third-order valence-corrected chi connectivity index (χ3v) is 3.79. The van der Waals surface area contributed by atoms with E-state index in [1.165, 1.54) is 5.56 Å². The summed E-state index contributed by atoms with van der Waals surface area (Å²) in [6.07, 6.45) is 5.78. The Labute approximate surface area is 132 Å². The highest BCUT2D eigenvalue weighted by atomic mass is 16.6. The second kappa shape index (κ2) is 5.91. The number of nitrogens with zero attached hydrogens (tertiary/aromatic N) is 2. The summed E-state index contributed by atoms with van der Waals surface area (Å²) in [5.41, 5.74) is 4.75. The summed E-state index contributed by atoms with van der Waals surface area (Å²) >= 11 is 0. The van der Waals surface area contributed by atoms with E-state index in [2.05, 4.69) is 61.2 Å². The van der Waals surface area contributed by atoms with Crippen LogP contribution in [0.15, 0.2) is 53.9 Å². The fourth-order valence-corrected chi connectivity index (χ4v) is 2.78. The first-order valence-electron chi connectivity index (χ1n) is 7.75. The molecule has 1 unspecified atom stereocenters. The molecule has 1 atom stereocenters. The van der Waals surface area contributed by atoms with E-state index >= 15 is 0 Å². The third kappa shape index (κ3) is 3.53. The summed E-state index contributed by atoms with van der Waals surface area (Å²) < 4.78 is 0. The van der Waals surface area contributed by atoms with Crippen molar-refractivity contribution in [3.63, 3.8) is 0 Å². The average Bonchev–Trinajstić information content (AvgIpc) is 2.95. The van der Waals surface area contributed by atoms with Gasteiger partial charge in [0.05, 0.1) is 5.71 Å². The molecule has 22 heavy (non-hydrogen) atoms. The largest absolute Gasteiger partial charge is 0.392 e. The van der Waals surface area contributed by atoms with Crippen LogP contribution in [0.1, 0.15) is 39.2 Å². The summed E-state index contributed by atoms with van der Waals surface area (Å²) in [7, 11) is 0. The standard InChI is InChI=1S/C19H22N2O/c1-19(2,3)12-17-11-18(21-22-17)15-8-6-14(7-9-15)16-5-4-10-20-13-16/h4-10,13,17H,11-12H2,1-3H3. The monoisotopic (exact) mass is 294 g/mol. The predicted octanol–water partition coefficient (Wildman–Crippen LogP) is 4.68. The normalized spacial score (nSPS) is 18.0. The van der Waals surface area contributed by atoms with Crippen molar-refractivity contribution in [3.8, 4) is 11.1 Å². The van der Waals surface area contributed by atoms with Crippen LogP contribution in [0.2, 0.25) is 0 Å². The molecule has 0 aliphatic carbocycles. The summed E-state index contributed by atoms with van der Waals surface area (Å²) in [6.45, 7) is 6.70. The van der Waals surface area contributed by atoms with E-state index in [1.54, 1.807) is 6.20 Å². The molecule has 3 nitrogen and oxygen atoms in total. The molecular formula is C19H22N2O. The average molecular weight is 294 g/mol. The van der Waals surface area contributed by atoms with Crippen LogP contribution in [0.5, 0.6) is 0 Å². The lowest BCUT2D eigenvalue weighted by molar-refractivity contribution is 0.0540. The Morgan fingerprint density at radius 3 is 2.41 bits per heavy atom. The number of aromatic nitrogens is 1. The van der Waals surface area contributed by atoms with Crippen LogP contribution in [0.3, 0.4) is 0 Å². The van der Waals surface area contributed by atoms with Gasteiger partial charge >= 0.3 is 0 Å². The molecule has 0 N–H and O–H groups in total. The molecule has 114 valence electrons. The third-order valence-electron chi connectivity index (χ3n) is 3.79. The first-order chi connectivity index (χ1) is 10.5. The van der Waals surface area contributed by atoms with Gasteiger partial charge in [-0.3, -0.25) is 4.98 Å². The lowest BCUT2D eigenvalue weighted by Crippen LogP contribution is -2.18. The van der Waals surface area contributed by atoms with Crippen molar-refractivity contribution in [1.29, 1.82) is 0 Å². The molecule has 2 heterocycles. The Morgan fingerprint density at radius 1 is 1.05 bits per heavy atom. The van der Waals surface area contributed by atoms with Crippen LogP contribution in [-0.2, 0) is 4.84 Å². The smallest absolute Gasteiger partial charge is 0.133 e. The predicted molar refractivity (Wildman–Crippen MR) is 89.8 cm³/mol. The fourth-order valence-electron chi connectivity index (χ4n) is 2.78. The topological polar surface area (TPSA) is 34.5 Å². The van der Waals surface area contributed by atoms with E-state index in [0.717, 1.165) is 29.7 Å². The minimum absolute atomic E-state index is 0.202. The van der Waals surface area contributed by atoms with Crippen LogP contribution in [0.4, 0.5) is 0 Å². The lowest BCUT2D eigenvalue weighted by atomic mass is 9.87. The number of pyridine rings is 1. The Morgan fingerprint density at radius 2 is 1.77 bits per heavy atom. The minimum atomic E-state index is 0.202. The van der Waals surface area contributed by atoms with Gasteiger partial charge in [-0.1, -0.05) is 56.3 Å². The van der Waals surface area contributed by atoms with E-state index in [1.807, 2.05) is 12.3 Å². The van der Waals surface area contributed by atoms with Gasteiger partial charge < -0.3 is 4.84 Å². The van der Waals surface area contributed by atoms with Gasteiger partial charge in [-0.2, -0.15) is 0 Å². The number of hydrogen-bond donors (Lipinski definition) is 0. The molecule has 0 spiro atoms. The van der Waals surface area contributed by atoms with E-state index in [-0.39, 0.29) is 11.5 Å². The number of oxime groups is 1. The molecule has 0 radical (unpaired) electrons. The van der Waals surface area contributed by atoms with Crippen LogP contribution in [0.25, 0.3) is 11.1 Å². The van der Waals surface area contributed by atoms with Gasteiger partial charge in [-0.25, -0.2) is 0 Å². The van der Waals surface area contributed by atoms with E-state index in [4.69, 9.17) is 4.84 Å². The molecule has 1 aliphatic heterocycles. The van der Waals surface area contributed by atoms with Gasteiger partial charge in [-0.15, -0.1) is 0 Å². The van der Waals surface area contributed by atoms with Gasteiger partial charge in [-0.05, 0) is 34.6 Å². The Hall–Kier alpha value is -2.16. The molecule has 3 rings (SSSR count). The van der Waals surface area contributed by atoms with Gasteiger partial charge in [0.15, 0.2) is 0 Å². The molecule has 0 saturated carbocycles. The van der Waals surface area contributed by atoms with Gasteiger partial charge in [0.2, 0.25) is 0 Å². The SMILES string of the molecule is CC(C)(C)CC1CC(c2ccc(-c3cccnc3)cc2)=NO1. The molecule has 0 bridgehead atoms. The van der Waals surface area contributed by atoms with E-state index in [9.17, 15) is 0 Å². The van der Waals surface area contributed by atoms with Crippen molar-refractivity contribution >= 4 is 5.71 Å². The maximum Gasteiger partial charge on any atom is 0.133 e. The van der Waals surface area contributed by atoms with E-state index < -0.39 is 0 Å². The summed E-state index contributed by atoms with van der Waals surface area (Å²) in [5, 5.41) is 4.28. The van der Waals surface area contributed by atoms with Crippen molar-refractivity contribution in [1.82, 2.24) is 4.98 Å². The van der Waals surface area contributed by atoms with Crippen LogP contribution >= 0.6 is 0 Å². The highest BCUT2D eigenvalue weighted by Gasteiger charge is 2.26. The Kier molecular flexibility index (Phi) is 3.97. The zero-order chi connectivity index (χ0) is 15.6. The Bertz CT molecular complexity index is 654. The molecule has 1 aromatic heterocycles. The van der Waals surface area contributed by atoms with Crippen molar-refractivity contribution in [2.24, 2.45) is 10.6 Å². The number of benzene rings is 1. The first-order valence-corrected chi connectivity index (χ1v) is 7.75. The van der Waals surface area contributed by atoms with Gasteiger partial charge in [0.25, 0.3) is 0 Å². The molecular weight excluding hydrogens is 272 g/mol. The highest BCUT2D eigenvalue weighted by molar-refractivity contribution is 6.01. The van der Waals surface area contributed by atoms with Crippen molar-refractivity contribution in [2.75, 3.05) is 0 Å². The number of rotatable bonds is 3. The quantitative estimate of drug-likeness (QED) is 0.824. The van der Waals surface area contributed by atoms with Crippen LogP contribution in [-0.4, -0.2) is 16.8 Å². The Balaban J connectivity index is 1.70. The molecule has 0 amide bonds. The maximum absolute atomic E-state index is 5.59. The first kappa shape index (κ1) is 14.8. The van der Waals surface area contributed by atoms with Gasteiger partial charge in [0.1, 0.15) is 6.10 Å². The zero-order valence-corrected chi connectivity index (χ0v) is 13.4. The zero-order valence-electron chi connectivity index (χ0n) is 13.4. The summed E-state index contributed by atoms with van der Waals surface area (Å²) in [6, 6.07) is 12.5. The molecule has 3 heteroatoms. The molecule has 1 aliphatic rings. The lowest BCUT2D eigenvalue weighted by Gasteiger charge is -2.21. The fraction of sp³-hybridized carbons (Fsp3) is 0.368. The molecule has 1 aromatic carbocycles. The van der Waals surface area contributed by atoms with E-state index in [0.29, 0.717) is 0 Å². The summed E-state index contributed by atoms with van der Waals surface area (Å²) in [5.74, 6) is 0. The van der Waals surface area contributed by atoms with Crippen molar-refractivity contribution in [3.05, 3.63) is 54.4 Å². The highest BCUT2D eigenvalue weighted by Crippen LogP contribution is 2.29. The van der Waals surface area contributed by atoms with Crippen LogP contribution < -0.4 is 0 Å². The molecule has 2 aromatic rings. The van der Waals surface area contributed by atoms with Crippen molar-refractivity contribution < 1.29 is 4.84 Å². The van der Waals surface area contributed by atoms with Crippen molar-refractivity contribution in [2.45, 2.75) is 39.7 Å². The molecule has 0 fully saturated rings. The summed E-state index contributed by atoms with van der Waals surface area (Å²) in [4.78, 5) is 9.75. The molecule has 0 saturated heterocycles. The van der Waals surface area contributed by atoms with Crippen LogP contribution in [0, 0.1) is 5.41 Å². The second-order valence-corrected chi connectivity index (χ2v) is 7.05.